The van der Waals surface area contributed by atoms with Crippen LogP contribution in [-0.4, -0.2) is 12.6 Å². The quantitative estimate of drug-likeness (QED) is 0.676. The molecule has 0 aromatic heterocycles. The maximum Gasteiger partial charge on any atom is 0.00683 e. The summed E-state index contributed by atoms with van der Waals surface area (Å²) in [6.07, 6.45) is 14.2. The molecule has 0 aliphatic heterocycles. The van der Waals surface area contributed by atoms with E-state index in [4.69, 9.17) is 0 Å². The Hall–Kier alpha value is -0.560. The molecule has 0 radical (unpaired) electrons. The molecule has 0 amide bonds. The van der Waals surface area contributed by atoms with Crippen molar-refractivity contribution in [1.29, 1.82) is 0 Å². The van der Waals surface area contributed by atoms with Gasteiger partial charge in [0.2, 0.25) is 0 Å². The molecule has 1 heteroatoms. The minimum absolute atomic E-state index is 0.854. The molecule has 0 bridgehead atoms. The molecule has 2 aliphatic carbocycles. The van der Waals surface area contributed by atoms with Gasteiger partial charge in [-0.2, -0.15) is 0 Å². The second-order valence-corrected chi connectivity index (χ2v) is 4.88. The molecule has 0 unspecified atom stereocenters. The summed E-state index contributed by atoms with van der Waals surface area (Å²) in [5, 5.41) is 3.55. The lowest BCUT2D eigenvalue weighted by Gasteiger charge is -2.13. The van der Waals surface area contributed by atoms with Gasteiger partial charge in [-0.05, 0) is 64.0 Å². The first-order chi connectivity index (χ1) is 7.36. The molecule has 0 aromatic carbocycles. The SMILES string of the molecule is CC(=CCCNC1CC1)C1=CCCCC1. The molecule has 1 saturated carbocycles. The first kappa shape index (κ1) is 10.9. The fraction of sp³-hybridized carbons (Fsp3) is 0.714. The van der Waals surface area contributed by atoms with Crippen LogP contribution in [0.15, 0.2) is 23.3 Å². The maximum atomic E-state index is 3.55. The van der Waals surface area contributed by atoms with Crippen molar-refractivity contribution in [3.8, 4) is 0 Å². The maximum absolute atomic E-state index is 3.55. The molecule has 0 aromatic rings. The van der Waals surface area contributed by atoms with Crippen LogP contribution in [0.2, 0.25) is 0 Å². The van der Waals surface area contributed by atoms with E-state index < -0.39 is 0 Å². The molecule has 15 heavy (non-hydrogen) atoms. The number of allylic oxidation sites excluding steroid dienone is 3. The van der Waals surface area contributed by atoms with Gasteiger partial charge in [0, 0.05) is 6.04 Å². The Balaban J connectivity index is 1.70. The van der Waals surface area contributed by atoms with Crippen LogP contribution in [-0.2, 0) is 0 Å². The van der Waals surface area contributed by atoms with E-state index in [1.807, 2.05) is 0 Å². The van der Waals surface area contributed by atoms with Crippen molar-refractivity contribution in [2.75, 3.05) is 6.54 Å². The van der Waals surface area contributed by atoms with Crippen LogP contribution in [0.1, 0.15) is 51.9 Å². The highest BCUT2D eigenvalue weighted by Crippen LogP contribution is 2.23. The van der Waals surface area contributed by atoms with Crippen LogP contribution < -0.4 is 5.32 Å². The third kappa shape index (κ3) is 3.83. The van der Waals surface area contributed by atoms with E-state index >= 15 is 0 Å². The van der Waals surface area contributed by atoms with Crippen molar-refractivity contribution in [1.82, 2.24) is 5.32 Å². The molecular weight excluding hydrogens is 182 g/mol. The Morgan fingerprint density at radius 3 is 3.00 bits per heavy atom. The topological polar surface area (TPSA) is 12.0 Å². The molecule has 1 fully saturated rings. The summed E-state index contributed by atoms with van der Waals surface area (Å²) in [7, 11) is 0. The van der Waals surface area contributed by atoms with E-state index in [1.165, 1.54) is 50.5 Å². The van der Waals surface area contributed by atoms with Crippen molar-refractivity contribution in [2.24, 2.45) is 0 Å². The summed E-state index contributed by atoms with van der Waals surface area (Å²) in [5.74, 6) is 0. The van der Waals surface area contributed by atoms with E-state index in [0.717, 1.165) is 12.6 Å². The van der Waals surface area contributed by atoms with Crippen LogP contribution in [0.4, 0.5) is 0 Å². The molecule has 84 valence electrons. The minimum Gasteiger partial charge on any atom is -0.314 e. The molecule has 0 heterocycles. The van der Waals surface area contributed by atoms with Gasteiger partial charge < -0.3 is 5.32 Å². The largest absolute Gasteiger partial charge is 0.314 e. The van der Waals surface area contributed by atoms with Crippen molar-refractivity contribution in [2.45, 2.75) is 57.9 Å². The van der Waals surface area contributed by atoms with Crippen molar-refractivity contribution >= 4 is 0 Å². The third-order valence-electron chi connectivity index (χ3n) is 3.40. The Kier molecular flexibility index (Phi) is 4.01. The van der Waals surface area contributed by atoms with E-state index in [1.54, 1.807) is 5.57 Å². The third-order valence-corrected chi connectivity index (χ3v) is 3.40. The molecule has 1 N–H and O–H groups in total. The average Bonchev–Trinajstić information content (AvgIpc) is 3.09. The highest BCUT2D eigenvalue weighted by Gasteiger charge is 2.19. The second kappa shape index (κ2) is 5.50. The predicted molar refractivity (Wildman–Crippen MR) is 65.9 cm³/mol. The number of rotatable bonds is 5. The van der Waals surface area contributed by atoms with E-state index in [0.29, 0.717) is 0 Å². The molecule has 0 atom stereocenters. The highest BCUT2D eigenvalue weighted by atomic mass is 14.9. The Bertz CT molecular complexity index is 259. The molecule has 0 spiro atoms. The van der Waals surface area contributed by atoms with Gasteiger partial charge in [0.1, 0.15) is 0 Å². The highest BCUT2D eigenvalue weighted by molar-refractivity contribution is 5.29. The van der Waals surface area contributed by atoms with Crippen molar-refractivity contribution in [3.05, 3.63) is 23.3 Å². The fourth-order valence-corrected chi connectivity index (χ4v) is 2.19. The van der Waals surface area contributed by atoms with Gasteiger partial charge in [-0.25, -0.2) is 0 Å². The number of hydrogen-bond acceptors (Lipinski definition) is 1. The van der Waals surface area contributed by atoms with Crippen LogP contribution in [0.25, 0.3) is 0 Å². The summed E-state index contributed by atoms with van der Waals surface area (Å²) < 4.78 is 0. The van der Waals surface area contributed by atoms with Crippen molar-refractivity contribution in [3.63, 3.8) is 0 Å². The van der Waals surface area contributed by atoms with Gasteiger partial charge in [-0.15, -0.1) is 0 Å². The van der Waals surface area contributed by atoms with Gasteiger partial charge in [-0.1, -0.05) is 17.7 Å². The Morgan fingerprint density at radius 1 is 1.47 bits per heavy atom. The summed E-state index contributed by atoms with van der Waals surface area (Å²) in [6.45, 7) is 3.43. The van der Waals surface area contributed by atoms with Gasteiger partial charge in [0.25, 0.3) is 0 Å². The van der Waals surface area contributed by atoms with Gasteiger partial charge in [-0.3, -0.25) is 0 Å². The first-order valence-corrected chi connectivity index (χ1v) is 6.46. The lowest BCUT2D eigenvalue weighted by Crippen LogP contribution is -2.16. The smallest absolute Gasteiger partial charge is 0.00683 e. The van der Waals surface area contributed by atoms with Crippen LogP contribution >= 0.6 is 0 Å². The van der Waals surface area contributed by atoms with E-state index in [-0.39, 0.29) is 0 Å². The summed E-state index contributed by atoms with van der Waals surface area (Å²) in [5.41, 5.74) is 3.12. The summed E-state index contributed by atoms with van der Waals surface area (Å²) in [6, 6.07) is 0.854. The molecule has 2 aliphatic rings. The molecule has 1 nitrogen and oxygen atoms in total. The number of hydrogen-bond donors (Lipinski definition) is 1. The summed E-state index contributed by atoms with van der Waals surface area (Å²) >= 11 is 0. The van der Waals surface area contributed by atoms with Gasteiger partial charge in [0.15, 0.2) is 0 Å². The predicted octanol–water partition coefficient (Wildman–Crippen LogP) is 3.58. The zero-order valence-corrected chi connectivity index (χ0v) is 9.89. The molecule has 2 rings (SSSR count). The average molecular weight is 205 g/mol. The van der Waals surface area contributed by atoms with E-state index in [9.17, 15) is 0 Å². The van der Waals surface area contributed by atoms with Crippen LogP contribution in [0.5, 0.6) is 0 Å². The Morgan fingerprint density at radius 2 is 2.33 bits per heavy atom. The zero-order chi connectivity index (χ0) is 10.5. The lowest BCUT2D eigenvalue weighted by molar-refractivity contribution is 0.685. The normalized spacial score (nSPS) is 22.7. The van der Waals surface area contributed by atoms with Crippen molar-refractivity contribution < 1.29 is 0 Å². The molecule has 0 saturated heterocycles. The molecular formula is C14H23N. The first-order valence-electron chi connectivity index (χ1n) is 6.46. The standard InChI is InChI=1S/C14H23N/c1-12(13-7-3-2-4-8-13)6-5-11-15-14-9-10-14/h6-7,14-15H,2-5,8-11H2,1H3. The second-order valence-electron chi connectivity index (χ2n) is 4.88. The van der Waals surface area contributed by atoms with Crippen LogP contribution in [0.3, 0.4) is 0 Å². The van der Waals surface area contributed by atoms with E-state index in [2.05, 4.69) is 24.4 Å². The Labute approximate surface area is 93.6 Å². The van der Waals surface area contributed by atoms with Crippen LogP contribution in [0, 0.1) is 0 Å². The minimum atomic E-state index is 0.854. The zero-order valence-electron chi connectivity index (χ0n) is 9.89. The van der Waals surface area contributed by atoms with Gasteiger partial charge in [0.05, 0.1) is 0 Å². The fourth-order valence-electron chi connectivity index (χ4n) is 2.19. The van der Waals surface area contributed by atoms with Gasteiger partial charge >= 0.3 is 0 Å². The lowest BCUT2D eigenvalue weighted by atomic mass is 9.94. The number of nitrogens with one attached hydrogen (secondary N) is 1. The monoisotopic (exact) mass is 205 g/mol. The summed E-state index contributed by atoms with van der Waals surface area (Å²) in [4.78, 5) is 0.